The maximum Gasteiger partial charge on any atom is 0.355 e. The number of aromatic nitrogens is 1. The van der Waals surface area contributed by atoms with Crippen LogP contribution in [0, 0.1) is 5.82 Å². The van der Waals surface area contributed by atoms with Crippen molar-refractivity contribution in [3.8, 4) is 5.75 Å². The number of benzene rings is 1. The molecule has 0 radical (unpaired) electrons. The maximum atomic E-state index is 13.5. The Morgan fingerprint density at radius 2 is 2.22 bits per heavy atom. The Kier molecular flexibility index (Phi) is 5.64. The largest absolute Gasteiger partial charge is 0.494 e. The Hall–Kier alpha value is -2.48. The van der Waals surface area contributed by atoms with Crippen molar-refractivity contribution >= 4 is 23.2 Å². The second kappa shape index (κ2) is 7.68. The molecule has 23 heavy (non-hydrogen) atoms. The number of thiazole rings is 1. The summed E-state index contributed by atoms with van der Waals surface area (Å²) in [5.41, 5.74) is 0.549. The van der Waals surface area contributed by atoms with Gasteiger partial charge in [-0.25, -0.2) is 14.2 Å². The van der Waals surface area contributed by atoms with Crippen LogP contribution in [0.3, 0.4) is 0 Å². The molecule has 2 N–H and O–H groups in total. The normalized spacial score (nSPS) is 10.3. The Labute approximate surface area is 135 Å². The number of amides is 1. The minimum absolute atomic E-state index is 0.00466. The van der Waals surface area contributed by atoms with Crippen LogP contribution in [0.1, 0.15) is 21.1 Å². The minimum Gasteiger partial charge on any atom is -0.494 e. The Bertz CT molecular complexity index is 717. The van der Waals surface area contributed by atoms with Gasteiger partial charge in [-0.2, -0.15) is 0 Å². The van der Waals surface area contributed by atoms with Gasteiger partial charge in [0.2, 0.25) is 5.91 Å². The Morgan fingerprint density at radius 1 is 1.43 bits per heavy atom. The summed E-state index contributed by atoms with van der Waals surface area (Å²) in [5.74, 6) is -1.70. The molecule has 0 aliphatic heterocycles. The molecule has 1 aromatic carbocycles. The van der Waals surface area contributed by atoms with E-state index >= 15 is 0 Å². The third-order valence-corrected chi connectivity index (χ3v) is 3.92. The second-order valence-corrected chi connectivity index (χ2v) is 5.62. The fourth-order valence-corrected chi connectivity index (χ4v) is 2.67. The molecule has 0 bridgehead atoms. The standard InChI is InChI=1S/C15H15FN2O4S/c1-22-12-3-2-9(6-10(12)16)7-13(19)17-5-4-14-18-11(8-23-14)15(20)21/h2-3,6,8H,4-5,7H2,1H3,(H,17,19)(H,20,21). The quantitative estimate of drug-likeness (QED) is 0.805. The van der Waals surface area contributed by atoms with Gasteiger partial charge in [0.25, 0.3) is 0 Å². The van der Waals surface area contributed by atoms with E-state index in [4.69, 9.17) is 9.84 Å². The van der Waals surface area contributed by atoms with Gasteiger partial charge in [-0.3, -0.25) is 4.79 Å². The SMILES string of the molecule is COc1ccc(CC(=O)NCCc2nc(C(=O)O)cs2)cc1F. The molecule has 0 aliphatic carbocycles. The van der Waals surface area contributed by atoms with Crippen LogP contribution >= 0.6 is 11.3 Å². The molecule has 6 nitrogen and oxygen atoms in total. The number of nitrogens with zero attached hydrogens (tertiary/aromatic N) is 1. The molecule has 0 saturated carbocycles. The predicted octanol–water partition coefficient (Wildman–Crippen LogP) is 1.89. The van der Waals surface area contributed by atoms with Crippen LogP contribution < -0.4 is 10.1 Å². The minimum atomic E-state index is -1.07. The molecule has 122 valence electrons. The van der Waals surface area contributed by atoms with Crippen molar-refractivity contribution in [3.05, 3.63) is 45.7 Å². The first-order chi connectivity index (χ1) is 11.0. The maximum absolute atomic E-state index is 13.5. The highest BCUT2D eigenvalue weighted by atomic mass is 32.1. The molecule has 8 heteroatoms. The topological polar surface area (TPSA) is 88.5 Å². The van der Waals surface area contributed by atoms with Gasteiger partial charge < -0.3 is 15.2 Å². The third-order valence-electron chi connectivity index (χ3n) is 3.01. The zero-order valence-corrected chi connectivity index (χ0v) is 13.2. The predicted molar refractivity (Wildman–Crippen MR) is 82.4 cm³/mol. The van der Waals surface area contributed by atoms with Crippen molar-refractivity contribution in [2.24, 2.45) is 0 Å². The van der Waals surface area contributed by atoms with Gasteiger partial charge in [0, 0.05) is 18.3 Å². The number of carbonyl (C=O) groups is 2. The van der Waals surface area contributed by atoms with E-state index in [0.717, 1.165) is 0 Å². The number of aromatic carboxylic acids is 1. The molecular formula is C15H15FN2O4S. The van der Waals surface area contributed by atoms with E-state index in [9.17, 15) is 14.0 Å². The number of carboxylic acid groups (broad SMARTS) is 1. The van der Waals surface area contributed by atoms with Crippen LogP contribution in [0.25, 0.3) is 0 Å². The van der Waals surface area contributed by atoms with E-state index in [2.05, 4.69) is 10.3 Å². The molecular weight excluding hydrogens is 323 g/mol. The van der Waals surface area contributed by atoms with Crippen molar-refractivity contribution < 1.29 is 23.8 Å². The summed E-state index contributed by atoms with van der Waals surface area (Å²) in [7, 11) is 1.37. The van der Waals surface area contributed by atoms with Gasteiger partial charge >= 0.3 is 5.97 Å². The Balaban J connectivity index is 1.80. The zero-order chi connectivity index (χ0) is 16.8. The van der Waals surface area contributed by atoms with E-state index < -0.39 is 11.8 Å². The number of hydrogen-bond donors (Lipinski definition) is 2. The molecule has 0 fully saturated rings. The average Bonchev–Trinajstić information content (AvgIpc) is 2.96. The van der Waals surface area contributed by atoms with Crippen LogP contribution in [-0.4, -0.2) is 35.6 Å². The Morgan fingerprint density at radius 3 is 2.83 bits per heavy atom. The molecule has 0 unspecified atom stereocenters. The van der Waals surface area contributed by atoms with Gasteiger partial charge in [-0.15, -0.1) is 11.3 Å². The summed E-state index contributed by atoms with van der Waals surface area (Å²) in [6.45, 7) is 0.337. The van der Waals surface area contributed by atoms with Crippen molar-refractivity contribution in [1.29, 1.82) is 0 Å². The summed E-state index contributed by atoms with van der Waals surface area (Å²) in [6.07, 6.45) is 0.500. The van der Waals surface area contributed by atoms with Crippen molar-refractivity contribution in [3.63, 3.8) is 0 Å². The van der Waals surface area contributed by atoms with Gasteiger partial charge in [0.1, 0.15) is 0 Å². The summed E-state index contributed by atoms with van der Waals surface area (Å²) in [6, 6.07) is 4.36. The number of hydrogen-bond acceptors (Lipinski definition) is 5. The molecule has 1 heterocycles. The number of carbonyl (C=O) groups excluding carboxylic acids is 1. The number of halogens is 1. The molecule has 0 aliphatic rings. The number of carboxylic acids is 1. The zero-order valence-electron chi connectivity index (χ0n) is 12.3. The average molecular weight is 338 g/mol. The molecule has 1 aromatic heterocycles. The monoisotopic (exact) mass is 338 g/mol. The summed E-state index contributed by atoms with van der Waals surface area (Å²) >= 11 is 1.23. The summed E-state index contributed by atoms with van der Waals surface area (Å²) < 4.78 is 18.3. The lowest BCUT2D eigenvalue weighted by Gasteiger charge is -2.06. The highest BCUT2D eigenvalue weighted by Gasteiger charge is 2.10. The number of nitrogens with one attached hydrogen (secondary N) is 1. The number of ether oxygens (including phenoxy) is 1. The van der Waals surface area contributed by atoms with Gasteiger partial charge in [-0.05, 0) is 17.7 Å². The van der Waals surface area contributed by atoms with Crippen LogP contribution in [0.5, 0.6) is 5.75 Å². The van der Waals surface area contributed by atoms with Crippen LogP contribution in [0.15, 0.2) is 23.6 Å². The molecule has 2 rings (SSSR count). The molecule has 0 spiro atoms. The van der Waals surface area contributed by atoms with E-state index in [-0.39, 0.29) is 23.8 Å². The number of rotatable bonds is 7. The fraction of sp³-hybridized carbons (Fsp3) is 0.267. The number of methoxy groups -OCH3 is 1. The molecule has 1 amide bonds. The highest BCUT2D eigenvalue weighted by molar-refractivity contribution is 7.09. The summed E-state index contributed by atoms with van der Waals surface area (Å²) in [5, 5.41) is 13.6. The molecule has 0 atom stereocenters. The third kappa shape index (κ3) is 4.75. The van der Waals surface area contributed by atoms with Gasteiger partial charge in [-0.1, -0.05) is 6.07 Å². The van der Waals surface area contributed by atoms with Gasteiger partial charge in [0.15, 0.2) is 17.3 Å². The van der Waals surface area contributed by atoms with Crippen LogP contribution in [0.4, 0.5) is 4.39 Å². The second-order valence-electron chi connectivity index (χ2n) is 4.68. The molecule has 2 aromatic rings. The highest BCUT2D eigenvalue weighted by Crippen LogP contribution is 2.17. The summed E-state index contributed by atoms with van der Waals surface area (Å²) in [4.78, 5) is 26.4. The van der Waals surface area contributed by atoms with Crippen LogP contribution in [0.2, 0.25) is 0 Å². The van der Waals surface area contributed by atoms with E-state index in [1.54, 1.807) is 6.07 Å². The van der Waals surface area contributed by atoms with Crippen LogP contribution in [-0.2, 0) is 17.6 Å². The van der Waals surface area contributed by atoms with E-state index in [0.29, 0.717) is 23.5 Å². The first-order valence-electron chi connectivity index (χ1n) is 6.76. The fourth-order valence-electron chi connectivity index (χ4n) is 1.90. The van der Waals surface area contributed by atoms with Crippen molar-refractivity contribution in [2.45, 2.75) is 12.8 Å². The van der Waals surface area contributed by atoms with E-state index in [1.165, 1.54) is 36.0 Å². The van der Waals surface area contributed by atoms with Crippen molar-refractivity contribution in [2.75, 3.05) is 13.7 Å². The smallest absolute Gasteiger partial charge is 0.355 e. The first kappa shape index (κ1) is 16.9. The molecule has 0 saturated heterocycles. The van der Waals surface area contributed by atoms with E-state index in [1.807, 2.05) is 0 Å². The lowest BCUT2D eigenvalue weighted by Crippen LogP contribution is -2.27. The van der Waals surface area contributed by atoms with Crippen molar-refractivity contribution in [1.82, 2.24) is 10.3 Å². The van der Waals surface area contributed by atoms with Gasteiger partial charge in [0.05, 0.1) is 18.5 Å². The lowest BCUT2D eigenvalue weighted by molar-refractivity contribution is -0.120. The first-order valence-corrected chi connectivity index (χ1v) is 7.64. The lowest BCUT2D eigenvalue weighted by atomic mass is 10.1.